The number of nitrogens with one attached hydrogen (secondary N) is 1. The number of amides is 1. The smallest absolute Gasteiger partial charge is 0.291 e. The minimum absolute atomic E-state index is 0.0784. The lowest BCUT2D eigenvalue weighted by Gasteiger charge is -2.38. The first-order valence-corrected chi connectivity index (χ1v) is 7.05. The summed E-state index contributed by atoms with van der Waals surface area (Å²) in [6.45, 7) is 5.03. The zero-order chi connectivity index (χ0) is 13.1. The van der Waals surface area contributed by atoms with E-state index >= 15 is 0 Å². The van der Waals surface area contributed by atoms with Crippen LogP contribution in [0.25, 0.3) is 0 Å². The van der Waals surface area contributed by atoms with Gasteiger partial charge in [-0.25, -0.2) is 0 Å². The summed E-state index contributed by atoms with van der Waals surface area (Å²) < 4.78 is 0. The van der Waals surface area contributed by atoms with Crippen molar-refractivity contribution in [3.8, 4) is 0 Å². The van der Waals surface area contributed by atoms with Gasteiger partial charge in [0.2, 0.25) is 0 Å². The standard InChI is InChI=1S/C14H24N2O2/c1-10(2)7-8-16-13(11-5-3-4-6-11)15-9-12(17)14(16)18/h9-11,13,15,17H,3-8H2,1-2H3. The Labute approximate surface area is 109 Å². The molecule has 102 valence electrons. The van der Waals surface area contributed by atoms with Gasteiger partial charge in [0, 0.05) is 12.7 Å². The van der Waals surface area contributed by atoms with Crippen LogP contribution in [0.3, 0.4) is 0 Å². The van der Waals surface area contributed by atoms with Crippen molar-refractivity contribution in [2.45, 2.75) is 52.1 Å². The highest BCUT2D eigenvalue weighted by Crippen LogP contribution is 2.31. The minimum Gasteiger partial charge on any atom is -0.502 e. The van der Waals surface area contributed by atoms with Gasteiger partial charge in [0.1, 0.15) is 6.17 Å². The zero-order valence-electron chi connectivity index (χ0n) is 11.4. The molecular weight excluding hydrogens is 228 g/mol. The predicted octanol–water partition coefficient (Wildman–Crippen LogP) is 2.38. The van der Waals surface area contributed by atoms with Gasteiger partial charge < -0.3 is 15.3 Å². The number of nitrogens with zero attached hydrogens (tertiary/aromatic N) is 1. The van der Waals surface area contributed by atoms with Crippen LogP contribution in [0.1, 0.15) is 46.0 Å². The van der Waals surface area contributed by atoms with Crippen molar-refractivity contribution in [2.24, 2.45) is 11.8 Å². The van der Waals surface area contributed by atoms with Crippen LogP contribution < -0.4 is 5.32 Å². The molecule has 0 aromatic rings. The number of rotatable bonds is 4. The molecule has 0 saturated heterocycles. The average Bonchev–Trinajstić information content (AvgIpc) is 2.84. The molecule has 18 heavy (non-hydrogen) atoms. The summed E-state index contributed by atoms with van der Waals surface area (Å²) >= 11 is 0. The van der Waals surface area contributed by atoms with Gasteiger partial charge in [-0.1, -0.05) is 26.7 Å². The fourth-order valence-corrected chi connectivity index (χ4v) is 2.89. The van der Waals surface area contributed by atoms with E-state index in [2.05, 4.69) is 19.2 Å². The van der Waals surface area contributed by atoms with Gasteiger partial charge in [-0.2, -0.15) is 0 Å². The first kappa shape index (κ1) is 13.2. The number of aliphatic hydroxyl groups excluding tert-OH is 1. The molecule has 0 aromatic carbocycles. The summed E-state index contributed by atoms with van der Waals surface area (Å²) in [6.07, 6.45) is 7.39. The Kier molecular flexibility index (Phi) is 4.15. The fourth-order valence-electron chi connectivity index (χ4n) is 2.89. The molecule has 2 aliphatic rings. The number of aliphatic hydroxyl groups is 1. The molecule has 1 unspecified atom stereocenters. The van der Waals surface area contributed by atoms with Gasteiger partial charge in [0.25, 0.3) is 5.91 Å². The second-order valence-electron chi connectivity index (χ2n) is 5.87. The zero-order valence-corrected chi connectivity index (χ0v) is 11.4. The van der Waals surface area contributed by atoms with E-state index in [4.69, 9.17) is 0 Å². The molecule has 1 fully saturated rings. The monoisotopic (exact) mass is 252 g/mol. The third-order valence-corrected chi connectivity index (χ3v) is 4.00. The predicted molar refractivity (Wildman–Crippen MR) is 70.8 cm³/mol. The molecule has 1 aliphatic heterocycles. The summed E-state index contributed by atoms with van der Waals surface area (Å²) in [5, 5.41) is 12.8. The van der Waals surface area contributed by atoms with Crippen LogP contribution in [-0.2, 0) is 4.79 Å². The van der Waals surface area contributed by atoms with Crippen molar-refractivity contribution in [2.75, 3.05) is 6.54 Å². The summed E-state index contributed by atoms with van der Waals surface area (Å²) in [5.41, 5.74) is 0. The van der Waals surface area contributed by atoms with Crippen LogP contribution in [0.2, 0.25) is 0 Å². The number of carbonyl (C=O) groups excluding carboxylic acids is 1. The van der Waals surface area contributed by atoms with Gasteiger partial charge in [0.15, 0.2) is 5.76 Å². The van der Waals surface area contributed by atoms with Crippen molar-refractivity contribution in [1.29, 1.82) is 0 Å². The van der Waals surface area contributed by atoms with Crippen molar-refractivity contribution in [1.82, 2.24) is 10.2 Å². The van der Waals surface area contributed by atoms with Crippen molar-refractivity contribution in [3.63, 3.8) is 0 Å². The Hall–Kier alpha value is -1.19. The van der Waals surface area contributed by atoms with E-state index in [0.29, 0.717) is 11.8 Å². The summed E-state index contributed by atoms with van der Waals surface area (Å²) in [5.74, 6) is 0.722. The molecule has 2 rings (SSSR count). The normalized spacial score (nSPS) is 25.5. The van der Waals surface area contributed by atoms with Gasteiger partial charge >= 0.3 is 0 Å². The van der Waals surface area contributed by atoms with E-state index in [1.54, 1.807) is 0 Å². The minimum atomic E-state index is -0.216. The third-order valence-electron chi connectivity index (χ3n) is 4.00. The van der Waals surface area contributed by atoms with Crippen molar-refractivity contribution in [3.05, 3.63) is 12.0 Å². The van der Waals surface area contributed by atoms with Gasteiger partial charge in [0.05, 0.1) is 0 Å². The molecule has 1 saturated carbocycles. The molecule has 1 heterocycles. The van der Waals surface area contributed by atoms with E-state index in [-0.39, 0.29) is 17.8 Å². The molecule has 4 nitrogen and oxygen atoms in total. The lowest BCUT2D eigenvalue weighted by atomic mass is 10.0. The fraction of sp³-hybridized carbons (Fsp3) is 0.786. The topological polar surface area (TPSA) is 52.6 Å². The first-order chi connectivity index (χ1) is 8.59. The van der Waals surface area contributed by atoms with E-state index in [1.807, 2.05) is 4.90 Å². The molecule has 1 aliphatic carbocycles. The van der Waals surface area contributed by atoms with Crippen LogP contribution in [0.15, 0.2) is 12.0 Å². The summed E-state index contributed by atoms with van der Waals surface area (Å²) in [6, 6.07) is 0. The Morgan fingerprint density at radius 3 is 2.72 bits per heavy atom. The third kappa shape index (κ3) is 2.79. The molecular formula is C14H24N2O2. The van der Waals surface area contributed by atoms with Gasteiger partial charge in [-0.05, 0) is 31.1 Å². The highest BCUT2D eigenvalue weighted by molar-refractivity contribution is 5.91. The maximum absolute atomic E-state index is 12.1. The quantitative estimate of drug-likeness (QED) is 0.807. The maximum Gasteiger partial charge on any atom is 0.291 e. The van der Waals surface area contributed by atoms with E-state index < -0.39 is 0 Å². The van der Waals surface area contributed by atoms with E-state index in [9.17, 15) is 9.90 Å². The number of hydrogen-bond donors (Lipinski definition) is 2. The first-order valence-electron chi connectivity index (χ1n) is 7.05. The lowest BCUT2D eigenvalue weighted by Crippen LogP contribution is -2.54. The Balaban J connectivity index is 2.07. The second-order valence-corrected chi connectivity index (χ2v) is 5.87. The van der Waals surface area contributed by atoms with Crippen LogP contribution in [-0.4, -0.2) is 28.6 Å². The molecule has 1 amide bonds. The second kappa shape index (κ2) is 5.63. The number of carbonyl (C=O) groups is 1. The highest BCUT2D eigenvalue weighted by atomic mass is 16.3. The number of hydrogen-bond acceptors (Lipinski definition) is 3. The van der Waals surface area contributed by atoms with Crippen molar-refractivity contribution >= 4 is 5.91 Å². The van der Waals surface area contributed by atoms with E-state index in [0.717, 1.165) is 13.0 Å². The van der Waals surface area contributed by atoms with Crippen molar-refractivity contribution < 1.29 is 9.90 Å². The molecule has 2 N–H and O–H groups in total. The highest BCUT2D eigenvalue weighted by Gasteiger charge is 2.35. The molecule has 0 bridgehead atoms. The summed E-state index contributed by atoms with van der Waals surface area (Å²) in [7, 11) is 0. The van der Waals surface area contributed by atoms with Gasteiger partial charge in [-0.15, -0.1) is 0 Å². The lowest BCUT2D eigenvalue weighted by molar-refractivity contribution is -0.135. The summed E-state index contributed by atoms with van der Waals surface area (Å²) in [4.78, 5) is 13.9. The average molecular weight is 252 g/mol. The molecule has 0 aromatic heterocycles. The van der Waals surface area contributed by atoms with Crippen LogP contribution in [0.5, 0.6) is 0 Å². The SMILES string of the molecule is CC(C)CCN1C(=O)C(O)=CNC1C1CCCC1. The largest absolute Gasteiger partial charge is 0.502 e. The molecule has 0 radical (unpaired) electrons. The Morgan fingerprint density at radius 2 is 2.11 bits per heavy atom. The maximum atomic E-state index is 12.1. The van der Waals surface area contributed by atoms with Crippen LogP contribution in [0.4, 0.5) is 0 Å². The van der Waals surface area contributed by atoms with Gasteiger partial charge in [-0.3, -0.25) is 4.79 Å². The van der Waals surface area contributed by atoms with Crippen LogP contribution in [0, 0.1) is 11.8 Å². The molecule has 0 spiro atoms. The van der Waals surface area contributed by atoms with E-state index in [1.165, 1.54) is 31.9 Å². The Morgan fingerprint density at radius 1 is 1.44 bits per heavy atom. The molecule has 1 atom stereocenters. The van der Waals surface area contributed by atoms with Crippen LogP contribution >= 0.6 is 0 Å². The Bertz CT molecular complexity index is 333. The molecule has 4 heteroatoms.